The molecule has 41 heavy (non-hydrogen) atoms. The highest BCUT2D eigenvalue weighted by molar-refractivity contribution is 7.89. The first-order chi connectivity index (χ1) is 19.9. The fourth-order valence-corrected chi connectivity index (χ4v) is 5.27. The second-order valence-electron chi connectivity index (χ2n) is 9.32. The van der Waals surface area contributed by atoms with Crippen LogP contribution in [0.5, 0.6) is 17.2 Å². The molecule has 0 spiro atoms. The Labute approximate surface area is 241 Å². The second-order valence-corrected chi connectivity index (χ2v) is 11.1. The molecule has 1 amide bonds. The fourth-order valence-electron chi connectivity index (χ4n) is 4.24. The van der Waals surface area contributed by atoms with Crippen LogP contribution in [0.15, 0.2) is 108 Å². The maximum absolute atomic E-state index is 13.1. The first-order valence-electron chi connectivity index (χ1n) is 13.2. The van der Waals surface area contributed by atoms with E-state index in [1.54, 1.807) is 37.3 Å². The van der Waals surface area contributed by atoms with Gasteiger partial charge in [0.1, 0.15) is 5.75 Å². The van der Waals surface area contributed by atoms with E-state index in [0.29, 0.717) is 36.8 Å². The first kappa shape index (κ1) is 29.6. The van der Waals surface area contributed by atoms with Gasteiger partial charge in [-0.1, -0.05) is 66.7 Å². The summed E-state index contributed by atoms with van der Waals surface area (Å²) >= 11 is 0. The van der Waals surface area contributed by atoms with Crippen LogP contribution in [0.3, 0.4) is 0 Å². The van der Waals surface area contributed by atoms with Crippen molar-refractivity contribution in [1.29, 1.82) is 0 Å². The molecule has 0 aliphatic heterocycles. The summed E-state index contributed by atoms with van der Waals surface area (Å²) in [5, 5.41) is 0. The number of methoxy groups -OCH3 is 2. The van der Waals surface area contributed by atoms with Crippen molar-refractivity contribution in [3.63, 3.8) is 0 Å². The van der Waals surface area contributed by atoms with Crippen molar-refractivity contribution < 1.29 is 27.4 Å². The van der Waals surface area contributed by atoms with Crippen LogP contribution in [0.2, 0.25) is 0 Å². The van der Waals surface area contributed by atoms with Crippen LogP contribution >= 0.6 is 0 Å². The minimum Gasteiger partial charge on any atom is -0.493 e. The second kappa shape index (κ2) is 14.3. The lowest BCUT2D eigenvalue weighted by molar-refractivity contribution is -0.134. The van der Waals surface area contributed by atoms with E-state index in [1.165, 1.54) is 12.1 Å². The van der Waals surface area contributed by atoms with Gasteiger partial charge in [0, 0.05) is 19.6 Å². The Morgan fingerprint density at radius 3 is 1.88 bits per heavy atom. The molecule has 0 saturated carbocycles. The van der Waals surface area contributed by atoms with E-state index < -0.39 is 10.0 Å². The number of benzene rings is 4. The zero-order chi connectivity index (χ0) is 29.1. The molecule has 1 N–H and O–H groups in total. The summed E-state index contributed by atoms with van der Waals surface area (Å²) in [5.41, 5.74) is 2.95. The zero-order valence-corrected chi connectivity index (χ0v) is 24.0. The van der Waals surface area contributed by atoms with Gasteiger partial charge in [0.05, 0.1) is 19.1 Å². The van der Waals surface area contributed by atoms with Crippen LogP contribution in [0, 0.1) is 0 Å². The molecular weight excluding hydrogens is 540 g/mol. The third-order valence-electron chi connectivity index (χ3n) is 6.44. The Bertz CT molecular complexity index is 1470. The minimum atomic E-state index is -3.73. The smallest absolute Gasteiger partial charge is 0.261 e. The number of hydrogen-bond acceptors (Lipinski definition) is 6. The number of ether oxygens (including phenoxy) is 3. The van der Waals surface area contributed by atoms with E-state index in [-0.39, 0.29) is 24.0 Å². The van der Waals surface area contributed by atoms with E-state index in [1.807, 2.05) is 72.8 Å². The van der Waals surface area contributed by atoms with Gasteiger partial charge in [-0.25, -0.2) is 13.1 Å². The topological polar surface area (TPSA) is 94.2 Å². The maximum atomic E-state index is 13.1. The number of carbonyl (C=O) groups excluding carboxylic acids is 1. The van der Waals surface area contributed by atoms with Gasteiger partial charge in [0.2, 0.25) is 10.0 Å². The van der Waals surface area contributed by atoms with Gasteiger partial charge in [-0.15, -0.1) is 0 Å². The number of sulfonamides is 1. The maximum Gasteiger partial charge on any atom is 0.261 e. The van der Waals surface area contributed by atoms with E-state index in [4.69, 9.17) is 14.2 Å². The van der Waals surface area contributed by atoms with Gasteiger partial charge in [0.25, 0.3) is 5.91 Å². The summed E-state index contributed by atoms with van der Waals surface area (Å²) in [6.45, 7) is 0.937. The monoisotopic (exact) mass is 574 g/mol. The summed E-state index contributed by atoms with van der Waals surface area (Å²) in [6, 6.07) is 31.1. The molecule has 0 radical (unpaired) electrons. The molecule has 0 bridgehead atoms. The number of amides is 1. The van der Waals surface area contributed by atoms with Crippen LogP contribution in [-0.4, -0.2) is 46.6 Å². The normalized spacial score (nSPS) is 11.1. The largest absolute Gasteiger partial charge is 0.493 e. The molecule has 8 nitrogen and oxygen atoms in total. The van der Waals surface area contributed by atoms with Gasteiger partial charge < -0.3 is 19.1 Å². The van der Waals surface area contributed by atoms with Gasteiger partial charge in [0.15, 0.2) is 18.1 Å². The third kappa shape index (κ3) is 8.57. The highest BCUT2D eigenvalue weighted by atomic mass is 32.2. The molecular formula is C32H34N2O6S. The lowest BCUT2D eigenvalue weighted by atomic mass is 10.1. The highest BCUT2D eigenvalue weighted by Gasteiger charge is 2.17. The Balaban J connectivity index is 1.33. The quantitative estimate of drug-likeness (QED) is 0.232. The number of rotatable bonds is 14. The summed E-state index contributed by atoms with van der Waals surface area (Å²) in [4.78, 5) is 15.0. The molecule has 0 aromatic heterocycles. The van der Waals surface area contributed by atoms with Gasteiger partial charge in [-0.05, 0) is 59.5 Å². The van der Waals surface area contributed by atoms with Crippen molar-refractivity contribution in [3.8, 4) is 17.2 Å². The standard InChI is InChI=1S/C32H34N2O6S/c1-38-30-18-13-25(21-31(30)39-2)19-20-33-41(36,37)29-16-14-28(15-17-29)40-24-32(35)34(22-26-9-5-3-6-10-26)23-27-11-7-4-8-12-27/h3-18,21,33H,19-20,22-24H2,1-2H3. The number of carbonyl (C=O) groups is 1. The van der Waals surface area contributed by atoms with Crippen LogP contribution in [-0.2, 0) is 34.3 Å². The molecule has 0 heterocycles. The highest BCUT2D eigenvalue weighted by Crippen LogP contribution is 2.27. The SMILES string of the molecule is COc1ccc(CCNS(=O)(=O)c2ccc(OCC(=O)N(Cc3ccccc3)Cc3ccccc3)cc2)cc1OC. The average Bonchev–Trinajstić information content (AvgIpc) is 3.00. The number of nitrogens with zero attached hydrogens (tertiary/aromatic N) is 1. The van der Waals surface area contributed by atoms with E-state index in [2.05, 4.69) is 4.72 Å². The van der Waals surface area contributed by atoms with Crippen molar-refractivity contribution in [2.45, 2.75) is 24.4 Å². The fraction of sp³-hybridized carbons (Fsp3) is 0.219. The van der Waals surface area contributed by atoms with Gasteiger partial charge >= 0.3 is 0 Å². The van der Waals surface area contributed by atoms with Gasteiger partial charge in [-0.3, -0.25) is 4.79 Å². The van der Waals surface area contributed by atoms with Crippen LogP contribution < -0.4 is 18.9 Å². The summed E-state index contributed by atoms with van der Waals surface area (Å²) in [7, 11) is -0.610. The molecule has 4 rings (SSSR count). The van der Waals surface area contributed by atoms with E-state index >= 15 is 0 Å². The minimum absolute atomic E-state index is 0.110. The lowest BCUT2D eigenvalue weighted by Gasteiger charge is -2.23. The molecule has 0 saturated heterocycles. The molecule has 214 valence electrons. The van der Waals surface area contributed by atoms with Crippen LogP contribution in [0.4, 0.5) is 0 Å². The Morgan fingerprint density at radius 2 is 1.32 bits per heavy atom. The summed E-state index contributed by atoms with van der Waals surface area (Å²) < 4.78 is 44.5. The van der Waals surface area contributed by atoms with Crippen molar-refractivity contribution >= 4 is 15.9 Å². The molecule has 9 heteroatoms. The van der Waals surface area contributed by atoms with Crippen molar-refractivity contribution in [3.05, 3.63) is 120 Å². The van der Waals surface area contributed by atoms with Crippen molar-refractivity contribution in [2.75, 3.05) is 27.4 Å². The average molecular weight is 575 g/mol. The van der Waals surface area contributed by atoms with Crippen LogP contribution in [0.1, 0.15) is 16.7 Å². The number of nitrogens with one attached hydrogen (secondary N) is 1. The van der Waals surface area contributed by atoms with E-state index in [0.717, 1.165) is 16.7 Å². The summed E-state index contributed by atoms with van der Waals surface area (Å²) in [5.74, 6) is 1.43. The molecule has 0 aliphatic rings. The predicted molar refractivity (Wildman–Crippen MR) is 158 cm³/mol. The predicted octanol–water partition coefficient (Wildman–Crippen LogP) is 4.83. The Hall–Kier alpha value is -4.34. The molecule has 0 atom stereocenters. The third-order valence-corrected chi connectivity index (χ3v) is 7.91. The lowest BCUT2D eigenvalue weighted by Crippen LogP contribution is -2.34. The van der Waals surface area contributed by atoms with E-state index in [9.17, 15) is 13.2 Å². The molecule has 0 aliphatic carbocycles. The molecule has 0 fully saturated rings. The molecule has 4 aromatic rings. The van der Waals surface area contributed by atoms with Crippen LogP contribution in [0.25, 0.3) is 0 Å². The van der Waals surface area contributed by atoms with Gasteiger partial charge in [-0.2, -0.15) is 0 Å². The zero-order valence-electron chi connectivity index (χ0n) is 23.2. The van der Waals surface area contributed by atoms with Crippen molar-refractivity contribution in [1.82, 2.24) is 9.62 Å². The molecule has 0 unspecified atom stereocenters. The Kier molecular flexibility index (Phi) is 10.4. The first-order valence-corrected chi connectivity index (χ1v) is 14.7. The van der Waals surface area contributed by atoms with Crippen molar-refractivity contribution in [2.24, 2.45) is 0 Å². The summed E-state index contributed by atoms with van der Waals surface area (Å²) in [6.07, 6.45) is 0.478. The number of hydrogen-bond donors (Lipinski definition) is 1. The molecule has 4 aromatic carbocycles. The Morgan fingerprint density at radius 1 is 0.732 bits per heavy atom.